The number of hydrogen-bond donors (Lipinski definition) is 1. The number of morpholine rings is 1. The van der Waals surface area contributed by atoms with E-state index in [9.17, 15) is 13.2 Å². The lowest BCUT2D eigenvalue weighted by Gasteiger charge is -2.33. The van der Waals surface area contributed by atoms with Crippen molar-refractivity contribution in [3.8, 4) is 0 Å². The predicted molar refractivity (Wildman–Crippen MR) is 91.2 cm³/mol. The van der Waals surface area contributed by atoms with Crippen molar-refractivity contribution in [2.24, 2.45) is 5.92 Å². The minimum Gasteiger partial charge on any atom is -0.374 e. The molecule has 0 aromatic heterocycles. The van der Waals surface area contributed by atoms with E-state index in [4.69, 9.17) is 4.74 Å². The first-order chi connectivity index (χ1) is 11.5. The molecule has 2 unspecified atom stereocenters. The molecule has 0 radical (unpaired) electrons. The van der Waals surface area contributed by atoms with Gasteiger partial charge in [-0.3, -0.25) is 9.69 Å². The maximum absolute atomic E-state index is 12.1. The van der Waals surface area contributed by atoms with Crippen LogP contribution >= 0.6 is 0 Å². The lowest BCUT2D eigenvalue weighted by Crippen LogP contribution is -2.48. The van der Waals surface area contributed by atoms with Crippen LogP contribution in [-0.2, 0) is 25.9 Å². The van der Waals surface area contributed by atoms with E-state index in [1.54, 1.807) is 0 Å². The van der Waals surface area contributed by atoms with Crippen molar-refractivity contribution >= 4 is 15.7 Å². The normalized spacial score (nSPS) is 27.0. The molecule has 3 rings (SSSR count). The average molecular weight is 352 g/mol. The molecule has 2 heterocycles. The standard InChI is InChI=1S/C17H24N2O4S/c20-17(15-6-9-24(21,22)13-15)18-10-16-12-19(7-8-23-16)11-14-4-2-1-3-5-14/h1-5,15-16H,6-13H2,(H,18,20). The van der Waals surface area contributed by atoms with Gasteiger partial charge >= 0.3 is 0 Å². The van der Waals surface area contributed by atoms with Crippen molar-refractivity contribution in [2.75, 3.05) is 37.7 Å². The highest BCUT2D eigenvalue weighted by atomic mass is 32.2. The Balaban J connectivity index is 1.45. The average Bonchev–Trinajstić information content (AvgIpc) is 2.94. The Bertz CT molecular complexity index is 662. The van der Waals surface area contributed by atoms with E-state index in [1.165, 1.54) is 5.56 Å². The summed E-state index contributed by atoms with van der Waals surface area (Å²) in [5.74, 6) is -0.473. The Hall–Kier alpha value is -1.44. The number of rotatable bonds is 5. The van der Waals surface area contributed by atoms with Crippen LogP contribution in [0.4, 0.5) is 0 Å². The van der Waals surface area contributed by atoms with E-state index in [1.807, 2.05) is 18.2 Å². The van der Waals surface area contributed by atoms with Crippen LogP contribution < -0.4 is 5.32 Å². The highest BCUT2D eigenvalue weighted by Gasteiger charge is 2.33. The molecule has 7 heteroatoms. The molecule has 2 aliphatic rings. The summed E-state index contributed by atoms with van der Waals surface area (Å²) in [4.78, 5) is 14.4. The lowest BCUT2D eigenvalue weighted by atomic mass is 10.1. The molecule has 6 nitrogen and oxygen atoms in total. The molecular weight excluding hydrogens is 328 g/mol. The van der Waals surface area contributed by atoms with Crippen LogP contribution in [-0.4, -0.2) is 63.1 Å². The summed E-state index contributed by atoms with van der Waals surface area (Å²) < 4.78 is 28.6. The number of benzene rings is 1. The SMILES string of the molecule is O=C(NCC1CN(Cc2ccccc2)CCO1)C1CCS(=O)(=O)C1. The molecule has 132 valence electrons. The minimum atomic E-state index is -3.03. The Morgan fingerprint density at radius 2 is 2.08 bits per heavy atom. The van der Waals surface area contributed by atoms with Crippen molar-refractivity contribution in [3.63, 3.8) is 0 Å². The summed E-state index contributed by atoms with van der Waals surface area (Å²) in [6.45, 7) is 3.58. The fourth-order valence-corrected chi connectivity index (χ4v) is 4.99. The Morgan fingerprint density at radius 3 is 2.79 bits per heavy atom. The maximum Gasteiger partial charge on any atom is 0.224 e. The van der Waals surface area contributed by atoms with Gasteiger partial charge in [-0.1, -0.05) is 30.3 Å². The summed E-state index contributed by atoms with van der Waals surface area (Å²) in [6.07, 6.45) is 0.379. The fourth-order valence-electron chi connectivity index (χ4n) is 3.25. The highest BCUT2D eigenvalue weighted by Crippen LogP contribution is 2.18. The Morgan fingerprint density at radius 1 is 1.29 bits per heavy atom. The number of carbonyl (C=O) groups is 1. The van der Waals surface area contributed by atoms with E-state index in [0.717, 1.165) is 19.6 Å². The first-order valence-electron chi connectivity index (χ1n) is 8.38. The van der Waals surface area contributed by atoms with Crippen molar-refractivity contribution in [1.29, 1.82) is 0 Å². The number of carbonyl (C=O) groups excluding carboxylic acids is 1. The molecule has 1 aromatic rings. The fraction of sp³-hybridized carbons (Fsp3) is 0.588. The van der Waals surface area contributed by atoms with Crippen LogP contribution in [0.25, 0.3) is 0 Å². The highest BCUT2D eigenvalue weighted by molar-refractivity contribution is 7.91. The third-order valence-corrected chi connectivity index (χ3v) is 6.35. The zero-order valence-electron chi connectivity index (χ0n) is 13.7. The summed E-state index contributed by atoms with van der Waals surface area (Å²) in [5.41, 5.74) is 1.26. The number of nitrogens with one attached hydrogen (secondary N) is 1. The van der Waals surface area contributed by atoms with Gasteiger partial charge in [0.05, 0.1) is 30.1 Å². The maximum atomic E-state index is 12.1. The first kappa shape index (κ1) is 17.4. The van der Waals surface area contributed by atoms with Crippen LogP contribution in [0, 0.1) is 5.92 Å². The molecule has 1 amide bonds. The van der Waals surface area contributed by atoms with Crippen LogP contribution in [0.2, 0.25) is 0 Å². The molecule has 1 aromatic carbocycles. The summed E-state index contributed by atoms with van der Waals surface area (Å²) in [6, 6.07) is 10.3. The summed E-state index contributed by atoms with van der Waals surface area (Å²) in [7, 11) is -3.03. The van der Waals surface area contributed by atoms with Crippen molar-refractivity contribution < 1.29 is 17.9 Å². The third kappa shape index (κ3) is 4.78. The van der Waals surface area contributed by atoms with Crippen molar-refractivity contribution in [1.82, 2.24) is 10.2 Å². The van der Waals surface area contributed by atoms with Crippen LogP contribution in [0.1, 0.15) is 12.0 Å². The zero-order valence-corrected chi connectivity index (χ0v) is 14.5. The van der Waals surface area contributed by atoms with Crippen LogP contribution in [0.5, 0.6) is 0 Å². The van der Waals surface area contributed by atoms with Gasteiger partial charge < -0.3 is 10.1 Å². The molecule has 0 saturated carbocycles. The van der Waals surface area contributed by atoms with Gasteiger partial charge in [-0.25, -0.2) is 8.42 Å². The van der Waals surface area contributed by atoms with Crippen LogP contribution in [0.15, 0.2) is 30.3 Å². The number of nitrogens with zero attached hydrogens (tertiary/aromatic N) is 1. The molecule has 24 heavy (non-hydrogen) atoms. The summed E-state index contributed by atoms with van der Waals surface area (Å²) >= 11 is 0. The number of ether oxygens (including phenoxy) is 1. The van der Waals surface area contributed by atoms with Gasteiger partial charge in [0, 0.05) is 26.2 Å². The Labute approximate surface area is 143 Å². The molecule has 2 fully saturated rings. The first-order valence-corrected chi connectivity index (χ1v) is 10.2. The monoisotopic (exact) mass is 352 g/mol. The van der Waals surface area contributed by atoms with Crippen LogP contribution in [0.3, 0.4) is 0 Å². The van der Waals surface area contributed by atoms with Gasteiger partial charge in [0.2, 0.25) is 5.91 Å². The third-order valence-electron chi connectivity index (χ3n) is 4.58. The largest absolute Gasteiger partial charge is 0.374 e. The minimum absolute atomic E-state index is 0.0233. The van der Waals surface area contributed by atoms with E-state index in [2.05, 4.69) is 22.3 Å². The molecule has 0 bridgehead atoms. The molecule has 2 aliphatic heterocycles. The van der Waals surface area contributed by atoms with Crippen molar-refractivity contribution in [2.45, 2.75) is 19.1 Å². The van der Waals surface area contributed by atoms with Gasteiger partial charge in [-0.15, -0.1) is 0 Å². The summed E-state index contributed by atoms with van der Waals surface area (Å²) in [5, 5.41) is 2.86. The number of amides is 1. The quantitative estimate of drug-likeness (QED) is 0.832. The smallest absolute Gasteiger partial charge is 0.224 e. The second-order valence-electron chi connectivity index (χ2n) is 6.56. The molecule has 2 saturated heterocycles. The predicted octanol–water partition coefficient (Wildman–Crippen LogP) is 0.438. The molecule has 2 atom stereocenters. The van der Waals surface area contributed by atoms with Gasteiger partial charge in [-0.2, -0.15) is 0 Å². The topological polar surface area (TPSA) is 75.7 Å². The lowest BCUT2D eigenvalue weighted by molar-refractivity contribution is -0.125. The zero-order chi connectivity index (χ0) is 17.0. The van der Waals surface area contributed by atoms with Gasteiger partial charge in [0.1, 0.15) is 0 Å². The van der Waals surface area contributed by atoms with Gasteiger partial charge in [0.25, 0.3) is 0 Å². The molecule has 0 spiro atoms. The molecule has 1 N–H and O–H groups in total. The van der Waals surface area contributed by atoms with Gasteiger partial charge in [-0.05, 0) is 12.0 Å². The second-order valence-corrected chi connectivity index (χ2v) is 8.79. The number of sulfone groups is 1. The second kappa shape index (κ2) is 7.63. The van der Waals surface area contributed by atoms with Crippen molar-refractivity contribution in [3.05, 3.63) is 35.9 Å². The molecular formula is C17H24N2O4S. The van der Waals surface area contributed by atoms with E-state index in [0.29, 0.717) is 19.6 Å². The molecule has 0 aliphatic carbocycles. The Kier molecular flexibility index (Phi) is 5.53. The number of hydrogen-bond acceptors (Lipinski definition) is 5. The van der Waals surface area contributed by atoms with E-state index in [-0.39, 0.29) is 23.5 Å². The van der Waals surface area contributed by atoms with E-state index < -0.39 is 15.8 Å². The van der Waals surface area contributed by atoms with E-state index >= 15 is 0 Å². The van der Waals surface area contributed by atoms with Gasteiger partial charge in [0.15, 0.2) is 9.84 Å².